The van der Waals surface area contributed by atoms with E-state index in [2.05, 4.69) is 10.6 Å². The maximum atomic E-state index is 11.9. The highest BCUT2D eigenvalue weighted by atomic mass is 35.5. The fourth-order valence-electron chi connectivity index (χ4n) is 1.78. The van der Waals surface area contributed by atoms with Crippen molar-refractivity contribution in [1.82, 2.24) is 5.32 Å². The van der Waals surface area contributed by atoms with Gasteiger partial charge in [-0.15, -0.1) is 12.4 Å². The Morgan fingerprint density at radius 1 is 1.30 bits per heavy atom. The highest BCUT2D eigenvalue weighted by Crippen LogP contribution is 2.23. The van der Waals surface area contributed by atoms with Crippen molar-refractivity contribution in [2.45, 2.75) is 33.8 Å². The molecular weight excluding hydrogens is 276 g/mol. The van der Waals surface area contributed by atoms with Gasteiger partial charge in [-0.1, -0.05) is 6.92 Å². The number of carbonyl (C=O) groups excluding carboxylic acids is 1. The van der Waals surface area contributed by atoms with Gasteiger partial charge in [-0.25, -0.2) is 0 Å². The largest absolute Gasteiger partial charge is 0.491 e. The molecule has 0 radical (unpaired) electrons. The lowest BCUT2D eigenvalue weighted by Gasteiger charge is -2.15. The van der Waals surface area contributed by atoms with Crippen molar-refractivity contribution < 1.29 is 9.53 Å². The maximum Gasteiger partial charge on any atom is 0.228 e. The van der Waals surface area contributed by atoms with Crippen molar-refractivity contribution in [3.63, 3.8) is 0 Å². The number of ether oxygens (including phenoxy) is 1. The lowest BCUT2D eigenvalue weighted by atomic mass is 10.1. The van der Waals surface area contributed by atoms with Crippen LogP contribution in [0.2, 0.25) is 0 Å². The van der Waals surface area contributed by atoms with Crippen LogP contribution >= 0.6 is 12.4 Å². The van der Waals surface area contributed by atoms with Crippen LogP contribution in [0.3, 0.4) is 0 Å². The van der Waals surface area contributed by atoms with Gasteiger partial charge in [0.05, 0.1) is 6.10 Å². The van der Waals surface area contributed by atoms with Gasteiger partial charge in [0.1, 0.15) is 5.75 Å². The van der Waals surface area contributed by atoms with Gasteiger partial charge in [0.2, 0.25) is 5.91 Å². The van der Waals surface area contributed by atoms with Crippen LogP contribution in [0.4, 0.5) is 5.69 Å². The second-order valence-corrected chi connectivity index (χ2v) is 5.09. The first kappa shape index (κ1) is 18.7. The van der Waals surface area contributed by atoms with Crippen LogP contribution < -0.4 is 15.4 Å². The van der Waals surface area contributed by atoms with Crippen molar-refractivity contribution in [2.24, 2.45) is 5.92 Å². The quantitative estimate of drug-likeness (QED) is 0.849. The summed E-state index contributed by atoms with van der Waals surface area (Å²) in [4.78, 5) is 11.9. The summed E-state index contributed by atoms with van der Waals surface area (Å²) in [6.07, 6.45) is 0.148. The number of hydrogen-bond donors (Lipinski definition) is 2. The van der Waals surface area contributed by atoms with Gasteiger partial charge in [0, 0.05) is 18.2 Å². The Morgan fingerprint density at radius 3 is 2.45 bits per heavy atom. The summed E-state index contributed by atoms with van der Waals surface area (Å²) >= 11 is 0. The van der Waals surface area contributed by atoms with Crippen LogP contribution in [0.15, 0.2) is 18.2 Å². The number of rotatable bonds is 6. The van der Waals surface area contributed by atoms with E-state index in [1.807, 2.05) is 52.9 Å². The summed E-state index contributed by atoms with van der Waals surface area (Å²) in [6.45, 7) is 8.53. The Labute approximate surface area is 127 Å². The van der Waals surface area contributed by atoms with Gasteiger partial charge in [0.25, 0.3) is 0 Å². The minimum absolute atomic E-state index is 0. The fourth-order valence-corrected chi connectivity index (χ4v) is 1.78. The molecule has 0 saturated heterocycles. The molecule has 114 valence electrons. The van der Waals surface area contributed by atoms with Crippen molar-refractivity contribution in [3.05, 3.63) is 23.8 Å². The lowest BCUT2D eigenvalue weighted by Crippen LogP contribution is -2.28. The van der Waals surface area contributed by atoms with E-state index in [1.54, 1.807) is 0 Å². The van der Waals surface area contributed by atoms with E-state index in [1.165, 1.54) is 0 Å². The van der Waals surface area contributed by atoms with E-state index in [9.17, 15) is 4.79 Å². The minimum atomic E-state index is -0.0584. The van der Waals surface area contributed by atoms with E-state index in [-0.39, 0.29) is 30.3 Å². The lowest BCUT2D eigenvalue weighted by molar-refractivity contribution is -0.119. The number of hydrogen-bond acceptors (Lipinski definition) is 3. The number of benzene rings is 1. The SMILES string of the molecule is CNCC(C)C(=O)Nc1ccc(OC(C)C)c(C)c1.Cl. The zero-order valence-electron chi connectivity index (χ0n) is 12.8. The third-order valence-electron chi connectivity index (χ3n) is 2.76. The van der Waals surface area contributed by atoms with Crippen LogP contribution in [-0.2, 0) is 4.79 Å². The molecule has 20 heavy (non-hydrogen) atoms. The monoisotopic (exact) mass is 300 g/mol. The summed E-state index contributed by atoms with van der Waals surface area (Å²) in [6, 6.07) is 5.70. The van der Waals surface area contributed by atoms with Gasteiger partial charge >= 0.3 is 0 Å². The molecule has 1 rings (SSSR count). The number of aryl methyl sites for hydroxylation is 1. The normalized spacial score (nSPS) is 11.7. The number of anilines is 1. The third-order valence-corrected chi connectivity index (χ3v) is 2.76. The molecule has 0 bridgehead atoms. The average molecular weight is 301 g/mol. The Hall–Kier alpha value is -1.26. The first-order chi connectivity index (χ1) is 8.93. The Morgan fingerprint density at radius 2 is 1.95 bits per heavy atom. The van der Waals surface area contributed by atoms with Crippen molar-refractivity contribution in [2.75, 3.05) is 18.9 Å². The minimum Gasteiger partial charge on any atom is -0.491 e. The number of halogens is 1. The summed E-state index contributed by atoms with van der Waals surface area (Å²) < 4.78 is 5.67. The second-order valence-electron chi connectivity index (χ2n) is 5.09. The van der Waals surface area contributed by atoms with Gasteiger partial charge in [-0.05, 0) is 51.6 Å². The molecule has 4 nitrogen and oxygen atoms in total. The van der Waals surface area contributed by atoms with Crippen molar-refractivity contribution >= 4 is 24.0 Å². The zero-order valence-corrected chi connectivity index (χ0v) is 13.6. The van der Waals surface area contributed by atoms with Crippen LogP contribution in [-0.4, -0.2) is 25.6 Å². The van der Waals surface area contributed by atoms with Gasteiger partial charge < -0.3 is 15.4 Å². The van der Waals surface area contributed by atoms with E-state index in [4.69, 9.17) is 4.74 Å². The highest BCUT2D eigenvalue weighted by Gasteiger charge is 2.12. The standard InChI is InChI=1S/C15H24N2O2.ClH/c1-10(2)19-14-7-6-13(8-11(14)3)17-15(18)12(4)9-16-5;/h6-8,10,12,16H,9H2,1-5H3,(H,17,18);1H. The molecular formula is C15H25ClN2O2. The molecule has 1 aromatic carbocycles. The Balaban J connectivity index is 0.00000361. The summed E-state index contributed by atoms with van der Waals surface area (Å²) in [5.41, 5.74) is 1.83. The summed E-state index contributed by atoms with van der Waals surface area (Å²) in [5.74, 6) is 0.819. The summed E-state index contributed by atoms with van der Waals surface area (Å²) in [5, 5.41) is 5.91. The fraction of sp³-hybridized carbons (Fsp3) is 0.533. The van der Waals surface area contributed by atoms with Crippen LogP contribution in [0.1, 0.15) is 26.3 Å². The first-order valence-corrected chi connectivity index (χ1v) is 6.66. The molecule has 0 fully saturated rings. The maximum absolute atomic E-state index is 11.9. The first-order valence-electron chi connectivity index (χ1n) is 6.66. The molecule has 0 heterocycles. The van der Waals surface area contributed by atoms with Crippen LogP contribution in [0.5, 0.6) is 5.75 Å². The molecule has 2 N–H and O–H groups in total. The Bertz CT molecular complexity index is 436. The summed E-state index contributed by atoms with van der Waals surface area (Å²) in [7, 11) is 1.84. The van der Waals surface area contributed by atoms with E-state index < -0.39 is 0 Å². The zero-order chi connectivity index (χ0) is 14.4. The molecule has 1 atom stereocenters. The molecule has 0 saturated carbocycles. The van der Waals surface area contributed by atoms with Gasteiger partial charge in [0.15, 0.2) is 0 Å². The highest BCUT2D eigenvalue weighted by molar-refractivity contribution is 5.92. The molecule has 1 unspecified atom stereocenters. The molecule has 0 aliphatic carbocycles. The Kier molecular flexibility index (Phi) is 8.26. The molecule has 0 aromatic heterocycles. The number of nitrogens with one attached hydrogen (secondary N) is 2. The molecule has 0 aliphatic heterocycles. The van der Waals surface area contributed by atoms with Crippen LogP contribution in [0.25, 0.3) is 0 Å². The van der Waals surface area contributed by atoms with Gasteiger partial charge in [-0.3, -0.25) is 4.79 Å². The predicted molar refractivity (Wildman–Crippen MR) is 85.9 cm³/mol. The smallest absolute Gasteiger partial charge is 0.228 e. The van der Waals surface area contributed by atoms with E-state index in [0.29, 0.717) is 6.54 Å². The van der Waals surface area contributed by atoms with Gasteiger partial charge in [-0.2, -0.15) is 0 Å². The average Bonchev–Trinajstić information content (AvgIpc) is 2.32. The number of carbonyl (C=O) groups is 1. The number of amides is 1. The molecule has 1 amide bonds. The molecule has 0 aliphatic rings. The molecule has 1 aromatic rings. The topological polar surface area (TPSA) is 50.4 Å². The van der Waals surface area contributed by atoms with Crippen LogP contribution in [0, 0.1) is 12.8 Å². The second kappa shape index (κ2) is 8.82. The van der Waals surface area contributed by atoms with Crippen molar-refractivity contribution in [3.8, 4) is 5.75 Å². The third kappa shape index (κ3) is 5.80. The van der Waals surface area contributed by atoms with E-state index >= 15 is 0 Å². The van der Waals surface area contributed by atoms with Crippen molar-refractivity contribution in [1.29, 1.82) is 0 Å². The molecule has 5 heteroatoms. The molecule has 0 spiro atoms. The predicted octanol–water partition coefficient (Wildman–Crippen LogP) is 3.00. The van der Waals surface area contributed by atoms with E-state index in [0.717, 1.165) is 17.0 Å².